The Labute approximate surface area is 173 Å². The average Bonchev–Trinajstić information content (AvgIpc) is 3.17. The minimum absolute atomic E-state index is 0.0141. The Bertz CT molecular complexity index is 962. The first-order valence-corrected chi connectivity index (χ1v) is 10.4. The molecule has 0 saturated carbocycles. The third-order valence-electron chi connectivity index (χ3n) is 4.93. The van der Waals surface area contributed by atoms with Gasteiger partial charge >= 0.3 is 0 Å². The predicted octanol–water partition coefficient (Wildman–Crippen LogP) is 4.13. The Hall–Kier alpha value is -2.44. The van der Waals surface area contributed by atoms with Gasteiger partial charge in [-0.1, -0.05) is 54.1 Å². The number of benzene rings is 2. The molecule has 28 heavy (non-hydrogen) atoms. The van der Waals surface area contributed by atoms with E-state index in [1.165, 1.54) is 17.1 Å². The molecule has 2 aromatic carbocycles. The second-order valence-corrected chi connectivity index (χ2v) is 8.07. The summed E-state index contributed by atoms with van der Waals surface area (Å²) in [6, 6.07) is 17.5. The molecule has 1 saturated heterocycles. The molecule has 1 unspecified atom stereocenters. The van der Waals surface area contributed by atoms with Gasteiger partial charge in [0.15, 0.2) is 0 Å². The van der Waals surface area contributed by atoms with Crippen molar-refractivity contribution in [3.05, 3.63) is 76.6 Å². The highest BCUT2D eigenvalue weighted by molar-refractivity contribution is 7.09. The summed E-state index contributed by atoms with van der Waals surface area (Å²) in [5.74, 6) is 0.827. The Balaban J connectivity index is 1.42. The van der Waals surface area contributed by atoms with Gasteiger partial charge in [0.05, 0.1) is 10.6 Å². The summed E-state index contributed by atoms with van der Waals surface area (Å²) in [7, 11) is 0. The van der Waals surface area contributed by atoms with Crippen molar-refractivity contribution in [1.29, 1.82) is 0 Å². The number of halogens is 1. The molecule has 144 valence electrons. The number of carbonyl (C=O) groups excluding carboxylic acids is 1. The molecule has 3 aromatic rings. The summed E-state index contributed by atoms with van der Waals surface area (Å²) in [5, 5.41) is 1.42. The molecule has 0 spiro atoms. The maximum Gasteiger partial charge on any atom is 0.255 e. The van der Waals surface area contributed by atoms with E-state index < -0.39 is 0 Å². The highest BCUT2D eigenvalue weighted by Gasteiger charge is 2.30. The molecule has 4 rings (SSSR count). The Morgan fingerprint density at radius 2 is 1.89 bits per heavy atom. The van der Waals surface area contributed by atoms with Crippen LogP contribution in [-0.4, -0.2) is 45.8 Å². The van der Waals surface area contributed by atoms with E-state index in [9.17, 15) is 4.79 Å². The standard InChI is InChI=1S/C21H21ClN4OS/c1-15-14-25(11-12-26(15)20(27)17-9-5-6-10-18(17)22)21-23-19(24-28-21)13-16-7-3-2-4-8-16/h2-10,15H,11-14H2,1H3. The molecule has 1 aliphatic rings. The van der Waals surface area contributed by atoms with E-state index >= 15 is 0 Å². The zero-order chi connectivity index (χ0) is 19.5. The van der Waals surface area contributed by atoms with E-state index in [-0.39, 0.29) is 11.9 Å². The Kier molecular flexibility index (Phi) is 5.59. The number of nitrogens with zero attached hydrogens (tertiary/aromatic N) is 4. The molecule has 1 amide bonds. The van der Waals surface area contributed by atoms with Gasteiger partial charge in [-0.15, -0.1) is 0 Å². The quantitative estimate of drug-likeness (QED) is 0.646. The van der Waals surface area contributed by atoms with Crippen LogP contribution in [0.2, 0.25) is 5.02 Å². The van der Waals surface area contributed by atoms with E-state index in [0.29, 0.717) is 17.1 Å². The van der Waals surface area contributed by atoms with E-state index in [1.807, 2.05) is 35.2 Å². The van der Waals surface area contributed by atoms with Crippen LogP contribution < -0.4 is 4.90 Å². The molecule has 2 heterocycles. The van der Waals surface area contributed by atoms with Crippen molar-refractivity contribution in [1.82, 2.24) is 14.3 Å². The van der Waals surface area contributed by atoms with Gasteiger partial charge in [0, 0.05) is 43.6 Å². The van der Waals surface area contributed by atoms with Crippen LogP contribution in [0.25, 0.3) is 0 Å². The van der Waals surface area contributed by atoms with Gasteiger partial charge in [-0.3, -0.25) is 4.79 Å². The molecule has 0 bridgehead atoms. The average molecular weight is 413 g/mol. The molecule has 1 atom stereocenters. The zero-order valence-electron chi connectivity index (χ0n) is 15.6. The number of rotatable bonds is 4. The summed E-state index contributed by atoms with van der Waals surface area (Å²) in [6.45, 7) is 4.17. The van der Waals surface area contributed by atoms with Gasteiger partial charge in [0.1, 0.15) is 5.82 Å². The van der Waals surface area contributed by atoms with Crippen molar-refractivity contribution < 1.29 is 4.79 Å². The molecule has 1 aromatic heterocycles. The highest BCUT2D eigenvalue weighted by Crippen LogP contribution is 2.25. The lowest BCUT2D eigenvalue weighted by Gasteiger charge is -2.39. The maximum absolute atomic E-state index is 12.9. The van der Waals surface area contributed by atoms with Crippen molar-refractivity contribution in [3.8, 4) is 0 Å². The van der Waals surface area contributed by atoms with Gasteiger partial charge in [0.25, 0.3) is 5.91 Å². The van der Waals surface area contributed by atoms with E-state index in [0.717, 1.165) is 30.5 Å². The number of aromatic nitrogens is 2. The van der Waals surface area contributed by atoms with Gasteiger partial charge < -0.3 is 9.80 Å². The fourth-order valence-electron chi connectivity index (χ4n) is 3.45. The summed E-state index contributed by atoms with van der Waals surface area (Å²) in [5.41, 5.74) is 1.76. The van der Waals surface area contributed by atoms with Crippen molar-refractivity contribution >= 4 is 34.2 Å². The molecule has 0 radical (unpaired) electrons. The number of anilines is 1. The van der Waals surface area contributed by atoms with Crippen LogP contribution in [0.5, 0.6) is 0 Å². The zero-order valence-corrected chi connectivity index (χ0v) is 17.2. The lowest BCUT2D eigenvalue weighted by atomic mass is 10.1. The molecule has 1 aliphatic heterocycles. The van der Waals surface area contributed by atoms with E-state index in [1.54, 1.807) is 12.1 Å². The van der Waals surface area contributed by atoms with Crippen LogP contribution in [0.1, 0.15) is 28.7 Å². The minimum Gasteiger partial charge on any atom is -0.343 e. The smallest absolute Gasteiger partial charge is 0.255 e. The second-order valence-electron chi connectivity index (χ2n) is 6.93. The monoisotopic (exact) mass is 412 g/mol. The normalized spacial score (nSPS) is 17.0. The molecule has 0 aliphatic carbocycles. The third-order valence-corrected chi connectivity index (χ3v) is 6.07. The molecule has 1 fully saturated rings. The van der Waals surface area contributed by atoms with Crippen LogP contribution in [0, 0.1) is 0 Å². The van der Waals surface area contributed by atoms with Gasteiger partial charge in [-0.2, -0.15) is 4.37 Å². The maximum atomic E-state index is 12.9. The third kappa shape index (κ3) is 4.03. The minimum atomic E-state index is -0.0141. The molecular weight excluding hydrogens is 392 g/mol. The van der Waals surface area contributed by atoms with Crippen LogP contribution in [-0.2, 0) is 6.42 Å². The fourth-order valence-corrected chi connectivity index (χ4v) is 4.38. The number of carbonyl (C=O) groups is 1. The Morgan fingerprint density at radius 3 is 2.64 bits per heavy atom. The largest absolute Gasteiger partial charge is 0.343 e. The predicted molar refractivity (Wildman–Crippen MR) is 113 cm³/mol. The number of piperazine rings is 1. The number of amides is 1. The van der Waals surface area contributed by atoms with Crippen molar-refractivity contribution in [2.75, 3.05) is 24.5 Å². The second kappa shape index (κ2) is 8.29. The van der Waals surface area contributed by atoms with E-state index in [4.69, 9.17) is 16.6 Å². The molecular formula is C21H21ClN4OS. The number of hydrogen-bond acceptors (Lipinski definition) is 5. The van der Waals surface area contributed by atoms with Gasteiger partial charge in [-0.25, -0.2) is 4.98 Å². The van der Waals surface area contributed by atoms with Crippen molar-refractivity contribution in [2.24, 2.45) is 0 Å². The highest BCUT2D eigenvalue weighted by atomic mass is 35.5. The van der Waals surface area contributed by atoms with Gasteiger partial charge in [0.2, 0.25) is 5.13 Å². The Morgan fingerprint density at radius 1 is 1.14 bits per heavy atom. The first-order chi connectivity index (χ1) is 13.6. The summed E-state index contributed by atoms with van der Waals surface area (Å²) >= 11 is 7.63. The van der Waals surface area contributed by atoms with Crippen molar-refractivity contribution in [3.63, 3.8) is 0 Å². The molecule has 7 heteroatoms. The summed E-state index contributed by atoms with van der Waals surface area (Å²) < 4.78 is 4.52. The first-order valence-electron chi connectivity index (χ1n) is 9.29. The van der Waals surface area contributed by atoms with Crippen LogP contribution in [0.15, 0.2) is 54.6 Å². The summed E-state index contributed by atoms with van der Waals surface area (Å²) in [4.78, 5) is 21.7. The topological polar surface area (TPSA) is 49.3 Å². The van der Waals surface area contributed by atoms with Crippen LogP contribution in [0.3, 0.4) is 0 Å². The SMILES string of the molecule is CC1CN(c2nc(Cc3ccccc3)ns2)CCN1C(=O)c1ccccc1Cl. The lowest BCUT2D eigenvalue weighted by molar-refractivity contribution is 0.0674. The number of hydrogen-bond donors (Lipinski definition) is 0. The fraction of sp³-hybridized carbons (Fsp3) is 0.286. The van der Waals surface area contributed by atoms with E-state index in [2.05, 4.69) is 28.3 Å². The first kappa shape index (κ1) is 18.9. The van der Waals surface area contributed by atoms with Gasteiger partial charge in [-0.05, 0) is 24.6 Å². The molecule has 0 N–H and O–H groups in total. The van der Waals surface area contributed by atoms with Crippen molar-refractivity contribution in [2.45, 2.75) is 19.4 Å². The van der Waals surface area contributed by atoms with Crippen LogP contribution >= 0.6 is 23.1 Å². The lowest BCUT2D eigenvalue weighted by Crippen LogP contribution is -2.54. The summed E-state index contributed by atoms with van der Waals surface area (Å²) in [6.07, 6.45) is 0.734. The molecule has 5 nitrogen and oxygen atoms in total. The van der Waals surface area contributed by atoms with Crippen LogP contribution in [0.4, 0.5) is 5.13 Å².